The molecule has 1 amide bonds. The van der Waals surface area contributed by atoms with E-state index >= 15 is 0 Å². The topological polar surface area (TPSA) is 143 Å². The molecule has 1 saturated carbocycles. The van der Waals surface area contributed by atoms with Crippen LogP contribution in [0.3, 0.4) is 0 Å². The van der Waals surface area contributed by atoms with Crippen LogP contribution < -0.4 is 20.1 Å². The second-order valence-corrected chi connectivity index (χ2v) is 14.3. The smallest absolute Gasteiger partial charge is 0.337 e. The van der Waals surface area contributed by atoms with Gasteiger partial charge in [-0.15, -0.1) is 0 Å². The summed E-state index contributed by atoms with van der Waals surface area (Å²) in [6.45, 7) is 12.0. The van der Waals surface area contributed by atoms with Crippen LogP contribution >= 0.6 is 0 Å². The zero-order valence-electron chi connectivity index (χ0n) is 25.5. The number of carboxylic acids is 1. The van der Waals surface area contributed by atoms with Crippen LogP contribution in [0.5, 0.6) is 5.75 Å². The molecule has 2 aromatic carbocycles. The first-order valence-electron chi connectivity index (χ1n) is 14.4. The Hall–Kier alpha value is -3.31. The van der Waals surface area contributed by atoms with Crippen LogP contribution in [0.2, 0.25) is 0 Å². The van der Waals surface area contributed by atoms with Gasteiger partial charge in [-0.25, -0.2) is 13.2 Å². The van der Waals surface area contributed by atoms with Crippen molar-refractivity contribution in [3.63, 3.8) is 0 Å². The highest BCUT2D eigenvalue weighted by Gasteiger charge is 2.36. The standard InChI is InChI=1S/C31H43N3O7S/c1-17-8-11-21(12-9-17)33-29(35)26-18(2)24(20-10-13-23-22(16-20)32-14-15-40-23)25(19(3)27(26)34-42(7,38)39)28(30(36)37)41-31(4,5)6/h10,13,16-17,21,28,32,34H,8-9,11-12,14-15H2,1-7H3,(H,33,35)(H,36,37)/t17-,21-,28?. The van der Waals surface area contributed by atoms with Crippen molar-refractivity contribution in [2.75, 3.05) is 29.4 Å². The highest BCUT2D eigenvalue weighted by atomic mass is 32.2. The van der Waals surface area contributed by atoms with E-state index in [2.05, 4.69) is 22.3 Å². The molecule has 4 rings (SSSR count). The summed E-state index contributed by atoms with van der Waals surface area (Å²) in [5.74, 6) is -0.376. The van der Waals surface area contributed by atoms with E-state index in [1.54, 1.807) is 40.7 Å². The molecule has 1 aliphatic carbocycles. The second kappa shape index (κ2) is 12.1. The predicted octanol–water partition coefficient (Wildman–Crippen LogP) is 5.40. The molecule has 0 spiro atoms. The Labute approximate surface area is 248 Å². The molecule has 0 bridgehead atoms. The highest BCUT2D eigenvalue weighted by Crippen LogP contribution is 2.45. The van der Waals surface area contributed by atoms with Crippen LogP contribution in [0.15, 0.2) is 18.2 Å². The molecule has 1 fully saturated rings. The number of carboxylic acid groups (broad SMARTS) is 1. The fourth-order valence-electron chi connectivity index (χ4n) is 5.87. The third kappa shape index (κ3) is 7.18. The highest BCUT2D eigenvalue weighted by molar-refractivity contribution is 7.92. The molecular weight excluding hydrogens is 558 g/mol. The number of rotatable bonds is 8. The predicted molar refractivity (Wildman–Crippen MR) is 164 cm³/mol. The van der Waals surface area contributed by atoms with Crippen LogP contribution in [0.4, 0.5) is 11.4 Å². The molecule has 0 aromatic heterocycles. The molecule has 2 aromatic rings. The van der Waals surface area contributed by atoms with E-state index in [1.165, 1.54) is 0 Å². The molecular formula is C31H43N3O7S. The minimum atomic E-state index is -3.84. The summed E-state index contributed by atoms with van der Waals surface area (Å²) in [6, 6.07) is 5.45. The van der Waals surface area contributed by atoms with Gasteiger partial charge in [-0.2, -0.15) is 0 Å². The third-order valence-corrected chi connectivity index (χ3v) is 8.39. The summed E-state index contributed by atoms with van der Waals surface area (Å²) in [7, 11) is -3.84. The summed E-state index contributed by atoms with van der Waals surface area (Å²) < 4.78 is 39.6. The number of nitrogens with one attached hydrogen (secondary N) is 3. The van der Waals surface area contributed by atoms with E-state index < -0.39 is 33.6 Å². The maximum absolute atomic E-state index is 14.0. The number of carbonyl (C=O) groups is 2. The molecule has 1 atom stereocenters. The van der Waals surface area contributed by atoms with Gasteiger partial charge in [0.05, 0.1) is 28.8 Å². The third-order valence-electron chi connectivity index (χ3n) is 7.82. The van der Waals surface area contributed by atoms with Gasteiger partial charge >= 0.3 is 5.97 Å². The number of sulfonamides is 1. The summed E-state index contributed by atoms with van der Waals surface area (Å²) in [6.07, 6.45) is 3.22. The van der Waals surface area contributed by atoms with Crippen LogP contribution in [-0.2, 0) is 19.6 Å². The Balaban J connectivity index is 2.01. The summed E-state index contributed by atoms with van der Waals surface area (Å²) in [4.78, 5) is 26.8. The average Bonchev–Trinajstić information content (AvgIpc) is 2.89. The molecule has 42 heavy (non-hydrogen) atoms. The molecule has 1 unspecified atom stereocenters. The summed E-state index contributed by atoms with van der Waals surface area (Å²) in [5.41, 5.74) is 2.30. The number of amides is 1. The first-order chi connectivity index (χ1) is 19.6. The first-order valence-corrected chi connectivity index (χ1v) is 16.3. The molecule has 1 aliphatic heterocycles. The SMILES string of the molecule is Cc1c(C(=O)N[C@H]2CC[C@H](C)CC2)c(NS(C)(=O)=O)c(C)c(C(OC(C)(C)C)C(=O)O)c1-c1ccc2c(c1)NCCO2. The van der Waals surface area contributed by atoms with Gasteiger partial charge < -0.3 is 25.2 Å². The van der Waals surface area contributed by atoms with Gasteiger partial charge in [-0.1, -0.05) is 13.0 Å². The lowest BCUT2D eigenvalue weighted by molar-refractivity contribution is -0.160. The molecule has 4 N–H and O–H groups in total. The van der Waals surface area contributed by atoms with Gasteiger partial charge in [0.15, 0.2) is 6.10 Å². The molecule has 0 radical (unpaired) electrons. The van der Waals surface area contributed by atoms with Gasteiger partial charge in [0.1, 0.15) is 12.4 Å². The molecule has 2 aliphatic rings. The number of anilines is 2. The largest absolute Gasteiger partial charge is 0.490 e. The van der Waals surface area contributed by atoms with E-state index in [1.807, 2.05) is 12.1 Å². The number of carbonyl (C=O) groups excluding carboxylic acids is 1. The number of aliphatic carboxylic acids is 1. The van der Waals surface area contributed by atoms with Gasteiger partial charge in [-0.05, 0) is 101 Å². The van der Waals surface area contributed by atoms with E-state index in [0.717, 1.165) is 37.6 Å². The molecule has 11 heteroatoms. The fourth-order valence-corrected chi connectivity index (χ4v) is 6.49. The lowest BCUT2D eigenvalue weighted by atomic mass is 9.83. The van der Waals surface area contributed by atoms with Gasteiger partial charge in [-0.3, -0.25) is 9.52 Å². The van der Waals surface area contributed by atoms with Crippen molar-refractivity contribution in [2.45, 2.75) is 85.0 Å². The molecule has 230 valence electrons. The number of fused-ring (bicyclic) bond motifs is 1. The maximum Gasteiger partial charge on any atom is 0.337 e. The van der Waals surface area contributed by atoms with E-state index in [4.69, 9.17) is 9.47 Å². The van der Waals surface area contributed by atoms with Crippen molar-refractivity contribution in [1.29, 1.82) is 0 Å². The van der Waals surface area contributed by atoms with E-state index in [-0.39, 0.29) is 22.9 Å². The minimum Gasteiger partial charge on any atom is -0.490 e. The van der Waals surface area contributed by atoms with Crippen LogP contribution in [-0.4, -0.2) is 56.5 Å². The Bertz CT molecular complexity index is 1470. The van der Waals surface area contributed by atoms with Crippen LogP contribution in [0, 0.1) is 19.8 Å². The number of ether oxygens (including phenoxy) is 2. The fraction of sp³-hybridized carbons (Fsp3) is 0.548. The van der Waals surface area contributed by atoms with Crippen molar-refractivity contribution in [3.05, 3.63) is 40.5 Å². The monoisotopic (exact) mass is 601 g/mol. The second-order valence-electron chi connectivity index (χ2n) is 12.5. The van der Waals surface area contributed by atoms with Crippen molar-refractivity contribution in [3.8, 4) is 16.9 Å². The summed E-state index contributed by atoms with van der Waals surface area (Å²) in [5, 5.41) is 16.9. The van der Waals surface area contributed by atoms with E-state index in [0.29, 0.717) is 47.1 Å². The van der Waals surface area contributed by atoms with Crippen molar-refractivity contribution >= 4 is 33.3 Å². The summed E-state index contributed by atoms with van der Waals surface area (Å²) >= 11 is 0. The Morgan fingerprint density at radius 2 is 1.79 bits per heavy atom. The number of benzene rings is 2. The zero-order chi connectivity index (χ0) is 31.0. The van der Waals surface area contributed by atoms with Crippen molar-refractivity contribution in [1.82, 2.24) is 5.32 Å². The lowest BCUT2D eigenvalue weighted by Crippen LogP contribution is -2.38. The minimum absolute atomic E-state index is 0.0382. The van der Waals surface area contributed by atoms with Crippen LogP contribution in [0.1, 0.15) is 86.5 Å². The Kier molecular flexibility index (Phi) is 9.13. The van der Waals surface area contributed by atoms with Crippen LogP contribution in [0.25, 0.3) is 11.1 Å². The van der Waals surface area contributed by atoms with Gasteiger partial charge in [0.25, 0.3) is 5.91 Å². The zero-order valence-corrected chi connectivity index (χ0v) is 26.3. The van der Waals surface area contributed by atoms with E-state index in [9.17, 15) is 23.1 Å². The molecule has 0 saturated heterocycles. The quantitative estimate of drug-likeness (QED) is 0.315. The number of hydrogen-bond acceptors (Lipinski definition) is 7. The normalized spacial score (nSPS) is 19.6. The van der Waals surface area contributed by atoms with Gasteiger partial charge in [0, 0.05) is 18.2 Å². The van der Waals surface area contributed by atoms with Crippen molar-refractivity contribution < 1.29 is 32.6 Å². The lowest BCUT2D eigenvalue weighted by Gasteiger charge is -2.32. The Morgan fingerprint density at radius 1 is 1.12 bits per heavy atom. The maximum atomic E-state index is 14.0. The first kappa shape index (κ1) is 31.6. The molecule has 10 nitrogen and oxygen atoms in total. The molecule has 1 heterocycles. The van der Waals surface area contributed by atoms with Crippen molar-refractivity contribution in [2.24, 2.45) is 5.92 Å². The number of hydrogen-bond donors (Lipinski definition) is 4. The Morgan fingerprint density at radius 3 is 2.38 bits per heavy atom. The average molecular weight is 602 g/mol. The van der Waals surface area contributed by atoms with Gasteiger partial charge in [0.2, 0.25) is 10.0 Å².